The SMILES string of the molecule is COc1c(F)cccc1Nc1c(-c2ccncc2OI)[nH]c2c1C(=O)N[C@H]([I-]CI)C2. The fourth-order valence-electron chi connectivity index (χ4n) is 3.49. The number of benzene rings is 1. The van der Waals surface area contributed by atoms with Gasteiger partial charge >= 0.3 is 218 Å². The topological polar surface area (TPSA) is 88.3 Å². The summed E-state index contributed by atoms with van der Waals surface area (Å²) in [5.41, 5.74) is 3.75. The number of hydrogen-bond acceptors (Lipinski definition) is 5. The van der Waals surface area contributed by atoms with E-state index in [0.717, 1.165) is 20.1 Å². The van der Waals surface area contributed by atoms with Gasteiger partial charge in [0.15, 0.2) is 0 Å². The fourth-order valence-corrected chi connectivity index (χ4v) is 8.19. The second-order valence-electron chi connectivity index (χ2n) is 6.52. The van der Waals surface area contributed by atoms with Crippen LogP contribution in [0.2, 0.25) is 0 Å². The average Bonchev–Trinajstić information content (AvgIpc) is 3.12. The van der Waals surface area contributed by atoms with E-state index in [2.05, 4.69) is 43.2 Å². The van der Waals surface area contributed by atoms with Crippen molar-refractivity contribution < 1.29 is 38.2 Å². The number of carbonyl (C=O) groups excluding carboxylic acids is 1. The Hall–Kier alpha value is -1.36. The van der Waals surface area contributed by atoms with Crippen LogP contribution in [-0.2, 0) is 6.42 Å². The number of amides is 1. The Bertz CT molecular complexity index is 1130. The molecule has 7 nitrogen and oxygen atoms in total. The molecule has 0 saturated heterocycles. The molecule has 0 saturated carbocycles. The number of hydrogen-bond donors (Lipinski definition) is 3. The first-order valence-electron chi connectivity index (χ1n) is 9.09. The number of ether oxygens (including phenoxy) is 1. The molecule has 0 fully saturated rings. The van der Waals surface area contributed by atoms with Crippen LogP contribution in [0.1, 0.15) is 16.1 Å². The van der Waals surface area contributed by atoms with Crippen LogP contribution < -0.4 is 39.6 Å². The third-order valence-electron chi connectivity index (χ3n) is 4.79. The normalized spacial score (nSPS) is 15.4. The molecule has 3 N–H and O–H groups in total. The Kier molecular flexibility index (Phi) is 7.40. The zero-order chi connectivity index (χ0) is 22.0. The second-order valence-corrected chi connectivity index (χ2v) is 13.8. The third-order valence-corrected chi connectivity index (χ3v) is 9.64. The number of fused-ring (bicyclic) bond motifs is 1. The Morgan fingerprint density at radius 1 is 1.39 bits per heavy atom. The van der Waals surface area contributed by atoms with Crippen LogP contribution in [0.5, 0.6) is 11.5 Å². The number of pyridine rings is 1. The van der Waals surface area contributed by atoms with Crippen LogP contribution in [0.3, 0.4) is 0 Å². The molecule has 0 unspecified atom stereocenters. The van der Waals surface area contributed by atoms with E-state index in [-0.39, 0.29) is 36.9 Å². The first kappa shape index (κ1) is 22.8. The van der Waals surface area contributed by atoms with Crippen molar-refractivity contribution in [2.24, 2.45) is 0 Å². The summed E-state index contributed by atoms with van der Waals surface area (Å²) >= 11 is 3.99. The van der Waals surface area contributed by atoms with Crippen LogP contribution in [0.15, 0.2) is 36.7 Å². The number of halogens is 4. The van der Waals surface area contributed by atoms with Crippen molar-refractivity contribution >= 4 is 62.9 Å². The van der Waals surface area contributed by atoms with E-state index in [1.165, 1.54) is 13.2 Å². The predicted molar refractivity (Wildman–Crippen MR) is 129 cm³/mol. The number of carbonyl (C=O) groups is 1. The molecule has 1 aromatic carbocycles. The number of nitrogens with one attached hydrogen (secondary N) is 3. The summed E-state index contributed by atoms with van der Waals surface area (Å²) < 4.78 is 26.2. The number of aromatic amines is 1. The van der Waals surface area contributed by atoms with Gasteiger partial charge in [0.05, 0.1) is 0 Å². The molecule has 11 heteroatoms. The van der Waals surface area contributed by atoms with E-state index in [9.17, 15) is 9.18 Å². The molecule has 31 heavy (non-hydrogen) atoms. The molecule has 0 aliphatic carbocycles. The van der Waals surface area contributed by atoms with E-state index in [1.54, 1.807) is 47.5 Å². The molecule has 2 aromatic heterocycles. The molecule has 3 aromatic rings. The molecule has 1 aliphatic heterocycles. The van der Waals surface area contributed by atoms with Crippen molar-refractivity contribution in [2.75, 3.05) is 14.9 Å². The van der Waals surface area contributed by atoms with Crippen molar-refractivity contribution in [3.8, 4) is 22.8 Å². The number of anilines is 2. The zero-order valence-corrected chi connectivity index (χ0v) is 22.6. The van der Waals surface area contributed by atoms with Gasteiger partial charge in [-0.25, -0.2) is 0 Å². The van der Waals surface area contributed by atoms with Crippen LogP contribution >= 0.6 is 45.6 Å². The predicted octanol–water partition coefficient (Wildman–Crippen LogP) is 1.79. The van der Waals surface area contributed by atoms with Gasteiger partial charge in [0, 0.05) is 0 Å². The van der Waals surface area contributed by atoms with Crippen LogP contribution in [-0.4, -0.2) is 29.5 Å². The minimum atomic E-state index is -0.491. The molecule has 1 amide bonds. The molecule has 0 bridgehead atoms. The summed E-state index contributed by atoms with van der Waals surface area (Å²) in [7, 11) is 1.41. The molecular weight excluding hydrogens is 744 g/mol. The van der Waals surface area contributed by atoms with Crippen molar-refractivity contribution in [1.29, 1.82) is 0 Å². The minimum absolute atomic E-state index is 0.0772. The summed E-state index contributed by atoms with van der Waals surface area (Å²) in [6.45, 7) is 0. The number of nitrogens with zero attached hydrogens (tertiary/aromatic N) is 1. The maximum absolute atomic E-state index is 14.3. The summed E-state index contributed by atoms with van der Waals surface area (Å²) in [6, 6.07) is 6.43. The van der Waals surface area contributed by atoms with Crippen molar-refractivity contribution in [1.82, 2.24) is 15.3 Å². The molecule has 164 valence electrons. The number of alkyl halides is 3. The number of aromatic nitrogens is 2. The fraction of sp³-hybridized carbons (Fsp3) is 0.200. The molecule has 4 rings (SSSR count). The van der Waals surface area contributed by atoms with E-state index in [4.69, 9.17) is 7.80 Å². The zero-order valence-electron chi connectivity index (χ0n) is 16.1. The van der Waals surface area contributed by atoms with Gasteiger partial charge < -0.3 is 0 Å². The Balaban J connectivity index is 1.89. The average molecular weight is 761 g/mol. The van der Waals surface area contributed by atoms with Gasteiger partial charge in [-0.05, 0) is 0 Å². The number of rotatable bonds is 7. The summed E-state index contributed by atoms with van der Waals surface area (Å²) in [5, 5.41) is 6.37. The van der Waals surface area contributed by atoms with Gasteiger partial charge in [-0.15, -0.1) is 0 Å². The maximum atomic E-state index is 14.3. The molecule has 1 aliphatic rings. The van der Waals surface area contributed by atoms with Gasteiger partial charge in [-0.2, -0.15) is 0 Å². The van der Waals surface area contributed by atoms with Gasteiger partial charge in [-0.3, -0.25) is 0 Å². The second kappa shape index (κ2) is 10.1. The van der Waals surface area contributed by atoms with E-state index in [0.29, 0.717) is 28.4 Å². The van der Waals surface area contributed by atoms with Crippen LogP contribution in [0.4, 0.5) is 15.8 Å². The monoisotopic (exact) mass is 761 g/mol. The molecule has 0 radical (unpaired) electrons. The van der Waals surface area contributed by atoms with Gasteiger partial charge in [-0.1, -0.05) is 0 Å². The number of para-hydroxylation sites is 1. The summed E-state index contributed by atoms with van der Waals surface area (Å²) in [4.78, 5) is 20.6. The number of methoxy groups -OCH3 is 1. The van der Waals surface area contributed by atoms with Gasteiger partial charge in [0.2, 0.25) is 0 Å². The molecular formula is C20H17FI3N4O3-. The van der Waals surface area contributed by atoms with E-state index in [1.807, 2.05) is 6.07 Å². The first-order chi connectivity index (χ1) is 15.1. The van der Waals surface area contributed by atoms with E-state index < -0.39 is 5.82 Å². The number of H-pyrrole nitrogens is 1. The van der Waals surface area contributed by atoms with E-state index >= 15 is 0 Å². The summed E-state index contributed by atoms with van der Waals surface area (Å²) in [6.07, 6.45) is 3.99. The van der Waals surface area contributed by atoms with Crippen molar-refractivity contribution in [3.05, 3.63) is 53.7 Å². The van der Waals surface area contributed by atoms with Gasteiger partial charge in [0.25, 0.3) is 0 Å². The standard InChI is InChI=1S/C20H17FI3N4O3/c1-30-19-11(21)3-2-4-12(19)26-18-16-13(7-15(24-9-22)28-20(16)29)27-17(18)10-5-6-25-8-14(10)31-23/h2-6,8,15,26-27H,7,9H2,1H3,(H,28,29)/q-1/t15-/m0/s1. The first-order valence-corrected chi connectivity index (χ1v) is 14.3. The van der Waals surface area contributed by atoms with Gasteiger partial charge in [0.1, 0.15) is 0 Å². The molecule has 1 atom stereocenters. The van der Waals surface area contributed by atoms with Crippen LogP contribution in [0.25, 0.3) is 11.3 Å². The third kappa shape index (κ3) is 4.58. The Morgan fingerprint density at radius 2 is 2.23 bits per heavy atom. The Morgan fingerprint density at radius 3 is 2.97 bits per heavy atom. The quantitative estimate of drug-likeness (QED) is 0.195. The van der Waals surface area contributed by atoms with Crippen molar-refractivity contribution in [3.63, 3.8) is 0 Å². The van der Waals surface area contributed by atoms with Crippen LogP contribution in [0, 0.1) is 5.82 Å². The molecule has 3 heterocycles. The molecule has 0 spiro atoms. The van der Waals surface area contributed by atoms with Crippen molar-refractivity contribution in [2.45, 2.75) is 10.5 Å². The summed E-state index contributed by atoms with van der Waals surface area (Å²) in [5.74, 6) is -0.0157. The Labute approximate surface area is 216 Å².